The van der Waals surface area contributed by atoms with Gasteiger partial charge >= 0.3 is 0 Å². The summed E-state index contributed by atoms with van der Waals surface area (Å²) in [5.74, 6) is 0.163. The second-order valence-corrected chi connectivity index (χ2v) is 4.46. The first-order chi connectivity index (χ1) is 10.3. The number of rotatable bonds is 3. The largest absolute Gasteiger partial charge is 0.466 e. The number of nitrogens with zero attached hydrogens (tertiary/aromatic N) is 2. The Hall–Kier alpha value is -2.95. The van der Waals surface area contributed by atoms with Gasteiger partial charge in [0, 0.05) is 11.8 Å². The highest BCUT2D eigenvalue weighted by Crippen LogP contribution is 2.14. The zero-order valence-electron chi connectivity index (χ0n) is 11.2. The average molecular weight is 279 g/mol. The molecule has 0 radical (unpaired) electrons. The summed E-state index contributed by atoms with van der Waals surface area (Å²) in [6, 6.07) is 17.3. The van der Waals surface area contributed by atoms with Crippen LogP contribution in [-0.4, -0.2) is 24.6 Å². The smallest absolute Gasteiger partial charge is 0.278 e. The highest BCUT2D eigenvalue weighted by Gasteiger charge is 2.13. The van der Waals surface area contributed by atoms with E-state index in [1.165, 1.54) is 0 Å². The number of carbonyl (C=O) groups excluding carboxylic acids is 1. The minimum Gasteiger partial charge on any atom is -0.466 e. The number of amides is 1. The predicted octanol–water partition coefficient (Wildman–Crippen LogP) is 2.25. The van der Waals surface area contributed by atoms with Crippen LogP contribution in [0.1, 0.15) is 11.1 Å². The maximum atomic E-state index is 11.0. The molecule has 1 N–H and O–H groups in total. The molecule has 1 amide bonds. The number of ether oxygens (including phenoxy) is 1. The van der Waals surface area contributed by atoms with Crippen molar-refractivity contribution in [2.24, 2.45) is 10.1 Å². The molecule has 0 bridgehead atoms. The van der Waals surface area contributed by atoms with Gasteiger partial charge < -0.3 is 4.74 Å². The minimum absolute atomic E-state index is 0.00720. The van der Waals surface area contributed by atoms with Crippen molar-refractivity contribution in [1.29, 1.82) is 0 Å². The number of hydrogen-bond donors (Lipinski definition) is 1. The lowest BCUT2D eigenvalue weighted by Gasteiger charge is -2.13. The Balaban J connectivity index is 1.73. The lowest BCUT2D eigenvalue weighted by Crippen LogP contribution is -2.32. The molecule has 0 spiro atoms. The molecule has 3 rings (SSSR count). The van der Waals surface area contributed by atoms with Crippen molar-refractivity contribution >= 4 is 23.7 Å². The van der Waals surface area contributed by atoms with Gasteiger partial charge in [0.25, 0.3) is 5.91 Å². The maximum absolute atomic E-state index is 11.0. The number of hydrogen-bond acceptors (Lipinski definition) is 4. The van der Waals surface area contributed by atoms with E-state index in [1.807, 2.05) is 60.8 Å². The van der Waals surface area contributed by atoms with Crippen LogP contribution in [0.15, 0.2) is 64.7 Å². The van der Waals surface area contributed by atoms with E-state index < -0.39 is 0 Å². The van der Waals surface area contributed by atoms with Crippen LogP contribution in [-0.2, 0) is 9.53 Å². The first-order valence-corrected chi connectivity index (χ1v) is 6.50. The van der Waals surface area contributed by atoms with Crippen LogP contribution in [0.4, 0.5) is 5.69 Å². The third kappa shape index (κ3) is 3.33. The third-order valence-electron chi connectivity index (χ3n) is 2.90. The molecule has 0 atom stereocenters. The van der Waals surface area contributed by atoms with Crippen LogP contribution in [0.3, 0.4) is 0 Å². The summed E-state index contributed by atoms with van der Waals surface area (Å²) in [6.45, 7) is -0.00720. The van der Waals surface area contributed by atoms with Gasteiger partial charge in [-0.2, -0.15) is 0 Å². The standard InChI is InChI=1S/C16H13N3O2/c20-15-11-21-16(19-18-15)13-6-8-14(9-7-13)17-10-12-4-2-1-3-5-12/h1-10H,11H2,(H,18,20). The van der Waals surface area contributed by atoms with Gasteiger partial charge in [0.1, 0.15) is 0 Å². The second kappa shape index (κ2) is 6.00. The van der Waals surface area contributed by atoms with Crippen molar-refractivity contribution in [2.45, 2.75) is 0 Å². The summed E-state index contributed by atoms with van der Waals surface area (Å²) < 4.78 is 5.24. The second-order valence-electron chi connectivity index (χ2n) is 4.46. The van der Waals surface area contributed by atoms with Gasteiger partial charge in [0.15, 0.2) is 6.61 Å². The van der Waals surface area contributed by atoms with Crippen molar-refractivity contribution < 1.29 is 9.53 Å². The van der Waals surface area contributed by atoms with Crippen LogP contribution >= 0.6 is 0 Å². The summed E-state index contributed by atoms with van der Waals surface area (Å²) in [5, 5.41) is 3.86. The van der Waals surface area contributed by atoms with Crippen molar-refractivity contribution in [3.05, 3.63) is 65.7 Å². The Kier molecular flexibility index (Phi) is 3.73. The van der Waals surface area contributed by atoms with Crippen LogP contribution in [0.5, 0.6) is 0 Å². The Morgan fingerprint density at radius 3 is 2.52 bits per heavy atom. The van der Waals surface area contributed by atoms with Gasteiger partial charge in [-0.3, -0.25) is 9.79 Å². The molecule has 21 heavy (non-hydrogen) atoms. The molecule has 0 fully saturated rings. The summed E-state index contributed by atoms with van der Waals surface area (Å²) in [6.07, 6.45) is 1.81. The maximum Gasteiger partial charge on any atom is 0.278 e. The quantitative estimate of drug-likeness (QED) is 0.876. The zero-order chi connectivity index (χ0) is 14.5. The minimum atomic E-state index is -0.247. The van der Waals surface area contributed by atoms with E-state index in [9.17, 15) is 4.79 Å². The number of nitrogens with one attached hydrogen (secondary N) is 1. The molecule has 0 aliphatic carbocycles. The van der Waals surface area contributed by atoms with E-state index in [4.69, 9.17) is 4.74 Å². The van der Waals surface area contributed by atoms with Crippen molar-refractivity contribution in [1.82, 2.24) is 5.43 Å². The molecule has 1 heterocycles. The van der Waals surface area contributed by atoms with E-state index in [0.29, 0.717) is 5.90 Å². The van der Waals surface area contributed by atoms with E-state index in [2.05, 4.69) is 15.5 Å². The molecular formula is C16H13N3O2. The van der Waals surface area contributed by atoms with Gasteiger partial charge in [0.2, 0.25) is 5.90 Å². The molecule has 0 saturated heterocycles. The lowest BCUT2D eigenvalue weighted by molar-refractivity contribution is -0.124. The number of aliphatic imine (C=N–C) groups is 1. The van der Waals surface area contributed by atoms with E-state index >= 15 is 0 Å². The topological polar surface area (TPSA) is 63.0 Å². The van der Waals surface area contributed by atoms with Gasteiger partial charge in [-0.25, -0.2) is 5.43 Å². The summed E-state index contributed by atoms with van der Waals surface area (Å²) in [7, 11) is 0. The summed E-state index contributed by atoms with van der Waals surface area (Å²) >= 11 is 0. The molecule has 5 nitrogen and oxygen atoms in total. The highest BCUT2D eigenvalue weighted by atomic mass is 16.5. The Morgan fingerprint density at radius 2 is 1.86 bits per heavy atom. The fraction of sp³-hybridized carbons (Fsp3) is 0.0625. The number of benzene rings is 2. The monoisotopic (exact) mass is 279 g/mol. The SMILES string of the molecule is O=C1COC(c2ccc(N=Cc3ccccc3)cc2)=NN1. The van der Waals surface area contributed by atoms with E-state index in [1.54, 1.807) is 0 Å². The van der Waals surface area contributed by atoms with Gasteiger partial charge in [-0.1, -0.05) is 30.3 Å². The van der Waals surface area contributed by atoms with Crippen LogP contribution in [0.2, 0.25) is 0 Å². The van der Waals surface area contributed by atoms with E-state index in [0.717, 1.165) is 16.8 Å². The van der Waals surface area contributed by atoms with Gasteiger partial charge in [0.05, 0.1) is 5.69 Å². The molecule has 2 aromatic carbocycles. The molecule has 1 aliphatic heterocycles. The Labute approximate surface area is 122 Å². The van der Waals surface area contributed by atoms with Crippen LogP contribution < -0.4 is 5.43 Å². The third-order valence-corrected chi connectivity index (χ3v) is 2.90. The van der Waals surface area contributed by atoms with Gasteiger partial charge in [-0.05, 0) is 29.8 Å². The van der Waals surface area contributed by atoms with Gasteiger partial charge in [-0.15, -0.1) is 5.10 Å². The highest BCUT2D eigenvalue weighted by molar-refractivity contribution is 5.98. The fourth-order valence-corrected chi connectivity index (χ4v) is 1.84. The summed E-state index contributed by atoms with van der Waals surface area (Å²) in [4.78, 5) is 15.4. The first-order valence-electron chi connectivity index (χ1n) is 6.50. The molecule has 2 aromatic rings. The molecule has 5 heteroatoms. The molecule has 0 saturated carbocycles. The zero-order valence-corrected chi connectivity index (χ0v) is 11.2. The molecule has 0 aromatic heterocycles. The summed E-state index contributed by atoms with van der Waals surface area (Å²) in [5.41, 5.74) is 5.07. The Morgan fingerprint density at radius 1 is 1.10 bits per heavy atom. The van der Waals surface area contributed by atoms with Crippen molar-refractivity contribution in [3.8, 4) is 0 Å². The van der Waals surface area contributed by atoms with Crippen molar-refractivity contribution in [2.75, 3.05) is 6.61 Å². The fourth-order valence-electron chi connectivity index (χ4n) is 1.84. The molecule has 1 aliphatic rings. The molecular weight excluding hydrogens is 266 g/mol. The van der Waals surface area contributed by atoms with Crippen LogP contribution in [0.25, 0.3) is 0 Å². The normalized spacial score (nSPS) is 14.5. The lowest BCUT2D eigenvalue weighted by atomic mass is 10.2. The average Bonchev–Trinajstić information content (AvgIpc) is 2.55. The predicted molar refractivity (Wildman–Crippen MR) is 80.8 cm³/mol. The Bertz CT molecular complexity index is 691. The number of carbonyl (C=O) groups is 1. The van der Waals surface area contributed by atoms with Crippen molar-refractivity contribution in [3.63, 3.8) is 0 Å². The first kappa shape index (κ1) is 13.1. The molecule has 0 unspecified atom stereocenters. The molecule has 104 valence electrons. The number of hydrazone groups is 1. The van der Waals surface area contributed by atoms with Crippen LogP contribution in [0, 0.1) is 0 Å². The van der Waals surface area contributed by atoms with E-state index in [-0.39, 0.29) is 12.5 Å².